The van der Waals surface area contributed by atoms with Gasteiger partial charge in [-0.1, -0.05) is 13.8 Å². The minimum atomic E-state index is -4.63. The van der Waals surface area contributed by atoms with Crippen LogP contribution in [0.1, 0.15) is 63.1 Å². The molecule has 3 atom stereocenters. The van der Waals surface area contributed by atoms with E-state index in [-0.39, 0.29) is 6.04 Å². The third-order valence-corrected chi connectivity index (χ3v) is 4.65. The average molecular weight is 374 g/mol. The van der Waals surface area contributed by atoms with Crippen LogP contribution >= 0.6 is 0 Å². The van der Waals surface area contributed by atoms with Gasteiger partial charge in [-0.3, -0.25) is 9.48 Å². The van der Waals surface area contributed by atoms with Crippen LogP contribution in [0.2, 0.25) is 0 Å². The molecule has 3 unspecified atom stereocenters. The van der Waals surface area contributed by atoms with Crippen molar-refractivity contribution in [1.82, 2.24) is 20.0 Å². The van der Waals surface area contributed by atoms with E-state index in [1.54, 1.807) is 13.8 Å². The maximum absolute atomic E-state index is 13.4. The van der Waals surface area contributed by atoms with E-state index < -0.39 is 29.4 Å². The molecular weight excluding hydrogens is 345 g/mol. The first-order valence-corrected chi connectivity index (χ1v) is 9.17. The van der Waals surface area contributed by atoms with Gasteiger partial charge < -0.3 is 10.2 Å². The largest absolute Gasteiger partial charge is 0.433 e. The summed E-state index contributed by atoms with van der Waals surface area (Å²) in [6.07, 6.45) is -2.44. The van der Waals surface area contributed by atoms with Crippen molar-refractivity contribution >= 4 is 5.91 Å². The van der Waals surface area contributed by atoms with Crippen molar-refractivity contribution in [3.8, 4) is 0 Å². The SMILES string of the molecule is CC1CC(C)CN(CC(C)NC(=O)c2cnn(C(C)C)c2C(F)(F)F)C1. The summed E-state index contributed by atoms with van der Waals surface area (Å²) in [4.78, 5) is 14.7. The van der Waals surface area contributed by atoms with E-state index in [2.05, 4.69) is 29.2 Å². The van der Waals surface area contributed by atoms with Gasteiger partial charge in [-0.05, 0) is 39.0 Å². The second kappa shape index (κ2) is 7.98. The molecule has 0 spiro atoms. The van der Waals surface area contributed by atoms with Crippen LogP contribution in [0.3, 0.4) is 0 Å². The molecule has 0 radical (unpaired) electrons. The van der Waals surface area contributed by atoms with Gasteiger partial charge in [0.15, 0.2) is 5.69 Å². The van der Waals surface area contributed by atoms with Crippen molar-refractivity contribution in [3.63, 3.8) is 0 Å². The van der Waals surface area contributed by atoms with E-state index in [1.165, 1.54) is 6.42 Å². The Kier molecular flexibility index (Phi) is 6.37. The third kappa shape index (κ3) is 4.99. The van der Waals surface area contributed by atoms with Gasteiger partial charge in [-0.15, -0.1) is 0 Å². The normalized spacial score (nSPS) is 23.3. The maximum Gasteiger partial charge on any atom is 0.433 e. The molecule has 8 heteroatoms. The Morgan fingerprint density at radius 3 is 2.35 bits per heavy atom. The quantitative estimate of drug-likeness (QED) is 0.857. The molecule has 0 bridgehead atoms. The van der Waals surface area contributed by atoms with Gasteiger partial charge in [0.25, 0.3) is 5.91 Å². The van der Waals surface area contributed by atoms with Crippen LogP contribution in [0.4, 0.5) is 13.2 Å². The molecule has 1 aliphatic rings. The highest BCUT2D eigenvalue weighted by Gasteiger charge is 2.40. The van der Waals surface area contributed by atoms with E-state index in [0.717, 1.165) is 24.0 Å². The smallest absolute Gasteiger partial charge is 0.348 e. The molecule has 1 aromatic rings. The molecule has 1 aliphatic heterocycles. The number of halogens is 3. The van der Waals surface area contributed by atoms with Crippen LogP contribution in [0.5, 0.6) is 0 Å². The van der Waals surface area contributed by atoms with Crippen molar-refractivity contribution in [2.24, 2.45) is 11.8 Å². The van der Waals surface area contributed by atoms with Gasteiger partial charge in [0.1, 0.15) is 0 Å². The van der Waals surface area contributed by atoms with Crippen molar-refractivity contribution in [3.05, 3.63) is 17.5 Å². The van der Waals surface area contributed by atoms with Crippen LogP contribution in [0, 0.1) is 11.8 Å². The van der Waals surface area contributed by atoms with Crippen molar-refractivity contribution in [2.75, 3.05) is 19.6 Å². The highest BCUT2D eigenvalue weighted by Crippen LogP contribution is 2.33. The fraction of sp³-hybridized carbons (Fsp3) is 0.778. The van der Waals surface area contributed by atoms with Crippen LogP contribution in [0.15, 0.2) is 6.20 Å². The van der Waals surface area contributed by atoms with Gasteiger partial charge in [0.05, 0.1) is 11.8 Å². The fourth-order valence-electron chi connectivity index (χ4n) is 3.88. The molecule has 148 valence electrons. The van der Waals surface area contributed by atoms with Gasteiger partial charge >= 0.3 is 6.18 Å². The van der Waals surface area contributed by atoms with E-state index in [4.69, 9.17) is 0 Å². The minimum absolute atomic E-state index is 0.247. The Labute approximate surface area is 152 Å². The molecule has 0 aromatic carbocycles. The zero-order chi connectivity index (χ0) is 19.6. The number of amides is 1. The second-order valence-electron chi connectivity index (χ2n) is 7.98. The lowest BCUT2D eigenvalue weighted by molar-refractivity contribution is -0.145. The van der Waals surface area contributed by atoms with E-state index in [1.807, 2.05) is 6.92 Å². The van der Waals surface area contributed by atoms with Gasteiger partial charge in [0.2, 0.25) is 0 Å². The molecule has 1 saturated heterocycles. The first-order valence-electron chi connectivity index (χ1n) is 9.17. The Morgan fingerprint density at radius 1 is 1.27 bits per heavy atom. The second-order valence-corrected chi connectivity index (χ2v) is 7.98. The fourth-order valence-corrected chi connectivity index (χ4v) is 3.88. The molecule has 1 fully saturated rings. The summed E-state index contributed by atoms with van der Waals surface area (Å²) in [5.74, 6) is 0.445. The number of nitrogens with one attached hydrogen (secondary N) is 1. The number of alkyl halides is 3. The van der Waals surface area contributed by atoms with E-state index >= 15 is 0 Å². The Balaban J connectivity index is 2.08. The summed E-state index contributed by atoms with van der Waals surface area (Å²) in [5, 5.41) is 6.48. The number of aromatic nitrogens is 2. The summed E-state index contributed by atoms with van der Waals surface area (Å²) in [7, 11) is 0. The molecule has 1 N–H and O–H groups in total. The maximum atomic E-state index is 13.4. The monoisotopic (exact) mass is 374 g/mol. The topological polar surface area (TPSA) is 50.2 Å². The number of hydrogen-bond donors (Lipinski definition) is 1. The highest BCUT2D eigenvalue weighted by atomic mass is 19.4. The standard InChI is InChI=1S/C18H29F3N4O/c1-11(2)25-16(18(19,20)21)15(7-22-25)17(26)23-14(5)10-24-8-12(3)6-13(4)9-24/h7,11-14H,6,8-10H2,1-5H3,(H,23,26). The zero-order valence-corrected chi connectivity index (χ0v) is 16.1. The predicted octanol–water partition coefficient (Wildman–Crippen LogP) is 3.58. The molecule has 1 aromatic heterocycles. The van der Waals surface area contributed by atoms with E-state index in [9.17, 15) is 18.0 Å². The molecule has 0 aliphatic carbocycles. The van der Waals surface area contributed by atoms with Crippen LogP contribution in [0.25, 0.3) is 0 Å². The summed E-state index contributed by atoms with van der Waals surface area (Å²) in [6.45, 7) is 11.9. The van der Waals surface area contributed by atoms with Gasteiger partial charge in [-0.2, -0.15) is 18.3 Å². The van der Waals surface area contributed by atoms with Crippen molar-refractivity contribution < 1.29 is 18.0 Å². The molecular formula is C18H29F3N4O. The Morgan fingerprint density at radius 2 is 1.85 bits per heavy atom. The lowest BCUT2D eigenvalue weighted by atomic mass is 9.92. The summed E-state index contributed by atoms with van der Waals surface area (Å²) in [6, 6.07) is -0.731. The number of carbonyl (C=O) groups is 1. The van der Waals surface area contributed by atoms with Crippen LogP contribution in [-0.2, 0) is 6.18 Å². The lowest BCUT2D eigenvalue weighted by Gasteiger charge is -2.36. The number of nitrogens with zero attached hydrogens (tertiary/aromatic N) is 3. The van der Waals surface area contributed by atoms with Crippen LogP contribution in [-0.4, -0.2) is 46.3 Å². The highest BCUT2D eigenvalue weighted by molar-refractivity contribution is 5.95. The van der Waals surface area contributed by atoms with Crippen LogP contribution < -0.4 is 5.32 Å². The van der Waals surface area contributed by atoms with Gasteiger partial charge in [0, 0.05) is 31.7 Å². The average Bonchev–Trinajstić information content (AvgIpc) is 2.90. The minimum Gasteiger partial charge on any atom is -0.348 e. The third-order valence-electron chi connectivity index (χ3n) is 4.65. The van der Waals surface area contributed by atoms with E-state index in [0.29, 0.717) is 18.4 Å². The molecule has 2 rings (SSSR count). The predicted molar refractivity (Wildman–Crippen MR) is 93.9 cm³/mol. The van der Waals surface area contributed by atoms with Crippen molar-refractivity contribution in [2.45, 2.75) is 59.3 Å². The molecule has 26 heavy (non-hydrogen) atoms. The van der Waals surface area contributed by atoms with Gasteiger partial charge in [-0.25, -0.2) is 0 Å². The first kappa shape index (κ1) is 20.7. The number of piperidine rings is 1. The summed E-state index contributed by atoms with van der Waals surface area (Å²) in [5.41, 5.74) is -1.41. The molecule has 0 saturated carbocycles. The van der Waals surface area contributed by atoms with Crippen molar-refractivity contribution in [1.29, 1.82) is 0 Å². The number of carbonyl (C=O) groups excluding carboxylic acids is 1. The molecule has 1 amide bonds. The number of hydrogen-bond acceptors (Lipinski definition) is 3. The summed E-state index contributed by atoms with van der Waals surface area (Å²) < 4.78 is 41.1. The Hall–Kier alpha value is -1.57. The first-order chi connectivity index (χ1) is 12.0. The summed E-state index contributed by atoms with van der Waals surface area (Å²) >= 11 is 0. The molecule has 2 heterocycles. The number of rotatable bonds is 5. The number of likely N-dealkylation sites (tertiary alicyclic amines) is 1. The lowest BCUT2D eigenvalue weighted by Crippen LogP contribution is -2.47. The Bertz CT molecular complexity index is 616. The zero-order valence-electron chi connectivity index (χ0n) is 16.1. The molecule has 5 nitrogen and oxygen atoms in total.